The van der Waals surface area contributed by atoms with E-state index in [0.717, 1.165) is 4.70 Å². The standard InChI is InChI=1S/C26H19N3O7S/c1-35-17-9-5-15(6-10-17)23(30)21-22(14-3-7-16(8-4-14)29(33)34)28(25(32)24(21)31)26-27-19-12-11-18(36-2)13-20(19)37-26/h3-13,22,30H,1-2H3/t22-/m1/s1. The fraction of sp³-hybridized carbons (Fsp3) is 0.115. The molecule has 186 valence electrons. The fourth-order valence-corrected chi connectivity index (χ4v) is 5.17. The van der Waals surface area contributed by atoms with Gasteiger partial charge in [-0.2, -0.15) is 0 Å². The minimum atomic E-state index is -1.06. The number of aliphatic hydroxyl groups excluding tert-OH is 1. The van der Waals surface area contributed by atoms with E-state index in [1.807, 2.05) is 0 Å². The predicted octanol–water partition coefficient (Wildman–Crippen LogP) is 4.85. The van der Waals surface area contributed by atoms with E-state index in [2.05, 4.69) is 4.98 Å². The maximum atomic E-state index is 13.4. The number of nitrogens with zero attached hydrogens (tertiary/aromatic N) is 3. The number of benzene rings is 3. The van der Waals surface area contributed by atoms with Gasteiger partial charge in [0.2, 0.25) is 0 Å². The van der Waals surface area contributed by atoms with Crippen molar-refractivity contribution >= 4 is 49.8 Å². The topological polar surface area (TPSA) is 132 Å². The molecule has 1 N–H and O–H groups in total. The van der Waals surface area contributed by atoms with Crippen molar-refractivity contribution in [2.24, 2.45) is 0 Å². The van der Waals surface area contributed by atoms with E-state index in [4.69, 9.17) is 9.47 Å². The average molecular weight is 518 g/mol. The number of hydrogen-bond donors (Lipinski definition) is 1. The number of nitro groups is 1. The summed E-state index contributed by atoms with van der Waals surface area (Å²) >= 11 is 1.18. The number of methoxy groups -OCH3 is 2. The van der Waals surface area contributed by atoms with Gasteiger partial charge in [-0.05, 0) is 60.2 Å². The number of ketones is 1. The van der Waals surface area contributed by atoms with Gasteiger partial charge in [-0.3, -0.25) is 24.6 Å². The summed E-state index contributed by atoms with van der Waals surface area (Å²) in [5.41, 5.74) is 1.00. The van der Waals surface area contributed by atoms with Crippen molar-refractivity contribution in [2.75, 3.05) is 19.1 Å². The number of thiazole rings is 1. The van der Waals surface area contributed by atoms with E-state index in [1.165, 1.54) is 54.7 Å². The SMILES string of the molecule is COc1ccc(C(O)=C2C(=O)C(=O)N(c3nc4ccc(OC)cc4s3)[C@@H]2c2ccc([N+](=O)[O-])cc2)cc1. The number of aromatic nitrogens is 1. The van der Waals surface area contributed by atoms with E-state index >= 15 is 0 Å². The number of aliphatic hydroxyl groups is 1. The van der Waals surface area contributed by atoms with Crippen LogP contribution >= 0.6 is 11.3 Å². The number of nitro benzene ring substituents is 1. The lowest BCUT2D eigenvalue weighted by Crippen LogP contribution is -2.29. The number of carbonyl (C=O) groups excluding carboxylic acids is 2. The summed E-state index contributed by atoms with van der Waals surface area (Å²) in [5, 5.41) is 22.6. The number of carbonyl (C=O) groups is 2. The maximum absolute atomic E-state index is 13.4. The normalized spacial score (nSPS) is 16.8. The molecule has 2 heterocycles. The van der Waals surface area contributed by atoms with E-state index in [-0.39, 0.29) is 22.2 Å². The Bertz CT molecular complexity index is 1580. The zero-order valence-electron chi connectivity index (χ0n) is 19.6. The number of rotatable bonds is 6. The number of Topliss-reactive ketones (excluding diaryl/α,β-unsaturated/α-hetero) is 1. The summed E-state index contributed by atoms with van der Waals surface area (Å²) in [7, 11) is 3.04. The van der Waals surface area contributed by atoms with Crippen molar-refractivity contribution in [3.8, 4) is 11.5 Å². The van der Waals surface area contributed by atoms with Crippen molar-refractivity contribution in [3.63, 3.8) is 0 Å². The molecule has 0 spiro atoms. The molecule has 1 aromatic heterocycles. The summed E-state index contributed by atoms with van der Waals surface area (Å²) < 4.78 is 11.2. The summed E-state index contributed by atoms with van der Waals surface area (Å²) in [6, 6.07) is 16.0. The van der Waals surface area contributed by atoms with Gasteiger partial charge >= 0.3 is 5.91 Å². The molecule has 4 aromatic rings. The highest BCUT2D eigenvalue weighted by molar-refractivity contribution is 7.22. The Balaban J connectivity index is 1.70. The van der Waals surface area contributed by atoms with Crippen LogP contribution in [0.5, 0.6) is 11.5 Å². The van der Waals surface area contributed by atoms with Gasteiger partial charge in [0.15, 0.2) is 5.13 Å². The summed E-state index contributed by atoms with van der Waals surface area (Å²) in [6.07, 6.45) is 0. The second kappa shape index (κ2) is 9.36. The molecule has 1 atom stereocenters. The van der Waals surface area contributed by atoms with Gasteiger partial charge in [-0.15, -0.1) is 0 Å². The van der Waals surface area contributed by atoms with Gasteiger partial charge in [0.1, 0.15) is 17.3 Å². The molecule has 37 heavy (non-hydrogen) atoms. The van der Waals surface area contributed by atoms with Crippen LogP contribution in [0, 0.1) is 10.1 Å². The highest BCUT2D eigenvalue weighted by Gasteiger charge is 2.48. The molecule has 1 amide bonds. The van der Waals surface area contributed by atoms with Crippen LogP contribution in [-0.2, 0) is 9.59 Å². The first-order valence-corrected chi connectivity index (χ1v) is 11.8. The number of fused-ring (bicyclic) bond motifs is 1. The van der Waals surface area contributed by atoms with Gasteiger partial charge in [0, 0.05) is 17.7 Å². The van der Waals surface area contributed by atoms with Crippen LogP contribution in [0.15, 0.2) is 72.3 Å². The van der Waals surface area contributed by atoms with Crippen LogP contribution in [0.4, 0.5) is 10.8 Å². The third kappa shape index (κ3) is 4.15. The quantitative estimate of drug-likeness (QED) is 0.126. The number of amides is 1. The number of non-ortho nitro benzene ring substituents is 1. The van der Waals surface area contributed by atoms with Gasteiger partial charge < -0.3 is 14.6 Å². The molecular weight excluding hydrogens is 498 g/mol. The molecule has 1 aliphatic rings. The third-order valence-electron chi connectivity index (χ3n) is 6.02. The minimum absolute atomic E-state index is 0.150. The third-order valence-corrected chi connectivity index (χ3v) is 7.04. The largest absolute Gasteiger partial charge is 0.507 e. The van der Waals surface area contributed by atoms with Crippen molar-refractivity contribution in [3.05, 3.63) is 93.5 Å². The molecule has 10 nitrogen and oxygen atoms in total. The number of anilines is 1. The molecule has 1 fully saturated rings. The molecule has 5 rings (SSSR count). The predicted molar refractivity (Wildman–Crippen MR) is 137 cm³/mol. The molecule has 0 radical (unpaired) electrons. The first kappa shape index (κ1) is 23.9. The molecule has 1 saturated heterocycles. The lowest BCUT2D eigenvalue weighted by Gasteiger charge is -2.22. The van der Waals surface area contributed by atoms with Crippen LogP contribution in [0.2, 0.25) is 0 Å². The van der Waals surface area contributed by atoms with Gasteiger partial charge in [0.25, 0.3) is 11.5 Å². The summed E-state index contributed by atoms with van der Waals surface area (Å²) in [4.78, 5) is 43.1. The Morgan fingerprint density at radius 1 is 1.00 bits per heavy atom. The second-order valence-corrected chi connectivity index (χ2v) is 9.09. The molecule has 0 bridgehead atoms. The Morgan fingerprint density at radius 3 is 2.27 bits per heavy atom. The van der Waals surface area contributed by atoms with Crippen LogP contribution < -0.4 is 14.4 Å². The monoisotopic (exact) mass is 517 g/mol. The summed E-state index contributed by atoms with van der Waals surface area (Å²) in [5.74, 6) is -0.988. The Kier molecular flexibility index (Phi) is 6.06. The van der Waals surface area contributed by atoms with E-state index in [0.29, 0.717) is 28.1 Å². The highest BCUT2D eigenvalue weighted by atomic mass is 32.1. The number of ether oxygens (including phenoxy) is 2. The average Bonchev–Trinajstić information content (AvgIpc) is 3.45. The van der Waals surface area contributed by atoms with Crippen molar-refractivity contribution in [2.45, 2.75) is 6.04 Å². The van der Waals surface area contributed by atoms with Crippen molar-refractivity contribution in [1.29, 1.82) is 0 Å². The second-order valence-electron chi connectivity index (χ2n) is 8.08. The first-order chi connectivity index (χ1) is 17.8. The smallest absolute Gasteiger partial charge is 0.301 e. The van der Waals surface area contributed by atoms with Crippen LogP contribution in [0.3, 0.4) is 0 Å². The lowest BCUT2D eigenvalue weighted by atomic mass is 9.95. The lowest BCUT2D eigenvalue weighted by molar-refractivity contribution is -0.384. The van der Waals surface area contributed by atoms with Crippen LogP contribution in [-0.4, -0.2) is 40.9 Å². The molecule has 3 aromatic carbocycles. The zero-order valence-corrected chi connectivity index (χ0v) is 20.4. The van der Waals surface area contributed by atoms with Crippen LogP contribution in [0.1, 0.15) is 17.2 Å². The molecule has 11 heteroatoms. The number of hydrogen-bond acceptors (Lipinski definition) is 9. The molecular formula is C26H19N3O7S. The zero-order chi connectivity index (χ0) is 26.3. The Labute approximate surface area is 214 Å². The van der Waals surface area contributed by atoms with Crippen molar-refractivity contribution < 1.29 is 29.1 Å². The molecule has 0 unspecified atom stereocenters. The molecule has 1 aliphatic heterocycles. The maximum Gasteiger partial charge on any atom is 0.301 e. The molecule has 0 saturated carbocycles. The summed E-state index contributed by atoms with van der Waals surface area (Å²) in [6.45, 7) is 0. The van der Waals surface area contributed by atoms with Gasteiger partial charge in [-0.1, -0.05) is 11.3 Å². The van der Waals surface area contributed by atoms with Gasteiger partial charge in [-0.25, -0.2) is 4.98 Å². The Hall–Kier alpha value is -4.77. The van der Waals surface area contributed by atoms with Crippen LogP contribution in [0.25, 0.3) is 16.0 Å². The van der Waals surface area contributed by atoms with E-state index in [1.54, 1.807) is 42.5 Å². The highest BCUT2D eigenvalue weighted by Crippen LogP contribution is 2.45. The molecule has 0 aliphatic carbocycles. The fourth-order valence-electron chi connectivity index (χ4n) is 4.15. The van der Waals surface area contributed by atoms with E-state index in [9.17, 15) is 24.8 Å². The van der Waals surface area contributed by atoms with Crippen molar-refractivity contribution in [1.82, 2.24) is 4.98 Å². The minimum Gasteiger partial charge on any atom is -0.507 e. The Morgan fingerprint density at radius 2 is 1.65 bits per heavy atom. The first-order valence-electron chi connectivity index (χ1n) is 11.0. The van der Waals surface area contributed by atoms with Gasteiger partial charge in [0.05, 0.1) is 41.0 Å². The van der Waals surface area contributed by atoms with E-state index < -0.39 is 22.7 Å².